The molecule has 1 N–H and O–H groups in total. The summed E-state index contributed by atoms with van der Waals surface area (Å²) in [4.78, 5) is 11.0. The average molecular weight is 329 g/mol. The van der Waals surface area contributed by atoms with E-state index < -0.39 is 0 Å². The van der Waals surface area contributed by atoms with E-state index in [0.29, 0.717) is 12.0 Å². The van der Waals surface area contributed by atoms with Crippen molar-refractivity contribution in [3.8, 4) is 0 Å². The monoisotopic (exact) mass is 329 g/mol. The lowest BCUT2D eigenvalue weighted by atomic mass is 9.93. The fourth-order valence-electron chi connectivity index (χ4n) is 3.35. The third kappa shape index (κ3) is 3.77. The molecule has 130 valence electrons. The summed E-state index contributed by atoms with van der Waals surface area (Å²) in [5, 5.41) is 7.70. The highest BCUT2D eigenvalue weighted by atomic mass is 15.3. The minimum atomic E-state index is 0.443. The normalized spacial score (nSPS) is 22.0. The predicted molar refractivity (Wildman–Crippen MR) is 94.9 cm³/mol. The Balaban J connectivity index is 1.57. The van der Waals surface area contributed by atoms with Gasteiger partial charge in [0.2, 0.25) is 0 Å². The number of aliphatic imine (C=N–C) groups is 1. The first-order valence-corrected chi connectivity index (χ1v) is 8.58. The summed E-state index contributed by atoms with van der Waals surface area (Å²) in [6, 6.07) is 0.443. The van der Waals surface area contributed by atoms with Gasteiger partial charge in [-0.15, -0.1) is 0 Å². The number of hydrogen-bond donors (Lipinski definition) is 1. The Morgan fingerprint density at radius 1 is 1.46 bits per heavy atom. The van der Waals surface area contributed by atoms with E-state index >= 15 is 0 Å². The first-order valence-electron chi connectivity index (χ1n) is 8.58. The van der Waals surface area contributed by atoms with Crippen molar-refractivity contribution in [1.29, 1.82) is 0 Å². The van der Waals surface area contributed by atoms with Gasteiger partial charge in [-0.25, -0.2) is 4.98 Å². The molecule has 2 atom stereocenters. The zero-order valence-corrected chi connectivity index (χ0v) is 14.8. The van der Waals surface area contributed by atoms with Crippen LogP contribution in [0.15, 0.2) is 36.1 Å². The van der Waals surface area contributed by atoms with Gasteiger partial charge in [0.05, 0.1) is 18.6 Å². The first-order chi connectivity index (χ1) is 11.7. The van der Waals surface area contributed by atoms with Crippen LogP contribution < -0.4 is 5.32 Å². The summed E-state index contributed by atoms with van der Waals surface area (Å²) in [5.74, 6) is 1.62. The largest absolute Gasteiger partial charge is 0.356 e. The number of aryl methyl sites for hydroxylation is 1. The zero-order valence-electron chi connectivity index (χ0n) is 14.8. The molecule has 24 heavy (non-hydrogen) atoms. The Kier molecular flexibility index (Phi) is 5.17. The fourth-order valence-corrected chi connectivity index (χ4v) is 3.35. The molecule has 2 aromatic heterocycles. The fraction of sp³-hybridized carbons (Fsp3) is 0.588. The van der Waals surface area contributed by atoms with Crippen LogP contribution in [0.25, 0.3) is 0 Å². The Bertz CT molecular complexity index is 658. The second-order valence-corrected chi connectivity index (χ2v) is 6.54. The second kappa shape index (κ2) is 7.51. The van der Waals surface area contributed by atoms with Gasteiger partial charge >= 0.3 is 0 Å². The van der Waals surface area contributed by atoms with Gasteiger partial charge in [-0.3, -0.25) is 9.67 Å². The van der Waals surface area contributed by atoms with Crippen molar-refractivity contribution in [2.45, 2.75) is 25.8 Å². The van der Waals surface area contributed by atoms with Gasteiger partial charge in [0.1, 0.15) is 0 Å². The van der Waals surface area contributed by atoms with Gasteiger partial charge in [0, 0.05) is 52.3 Å². The average Bonchev–Trinajstić information content (AvgIpc) is 3.24. The Hall–Kier alpha value is -2.31. The molecule has 1 aliphatic rings. The van der Waals surface area contributed by atoms with E-state index in [1.165, 1.54) is 5.56 Å². The molecule has 1 saturated heterocycles. The van der Waals surface area contributed by atoms with Crippen LogP contribution in [-0.4, -0.2) is 56.9 Å². The molecule has 3 rings (SSSR count). The van der Waals surface area contributed by atoms with Crippen LogP contribution in [0.1, 0.15) is 24.9 Å². The van der Waals surface area contributed by atoms with E-state index in [1.807, 2.05) is 37.5 Å². The molecule has 0 aliphatic carbocycles. The molecule has 2 aromatic rings. The molecular weight excluding hydrogens is 302 g/mol. The molecule has 0 radical (unpaired) electrons. The molecule has 0 spiro atoms. The number of nitrogens with zero attached hydrogens (tertiary/aromatic N) is 6. The van der Waals surface area contributed by atoms with Crippen molar-refractivity contribution in [3.05, 3.63) is 36.7 Å². The molecule has 1 fully saturated rings. The topological polar surface area (TPSA) is 63.3 Å². The second-order valence-electron chi connectivity index (χ2n) is 6.54. The predicted octanol–water partition coefficient (Wildman–Crippen LogP) is 1.32. The number of guanidine groups is 1. The summed E-state index contributed by atoms with van der Waals surface area (Å²) < 4.78 is 4.06. The van der Waals surface area contributed by atoms with Crippen molar-refractivity contribution >= 4 is 5.96 Å². The highest BCUT2D eigenvalue weighted by Crippen LogP contribution is 2.27. The van der Waals surface area contributed by atoms with Crippen LogP contribution in [0.5, 0.6) is 0 Å². The maximum absolute atomic E-state index is 4.47. The van der Waals surface area contributed by atoms with Crippen LogP contribution in [0.2, 0.25) is 0 Å². The zero-order chi connectivity index (χ0) is 16.9. The number of hydrogen-bond acceptors (Lipinski definition) is 3. The molecule has 1 aliphatic heterocycles. The van der Waals surface area contributed by atoms with Crippen LogP contribution in [0, 0.1) is 5.92 Å². The summed E-state index contributed by atoms with van der Waals surface area (Å²) in [5.41, 5.74) is 1.24. The van der Waals surface area contributed by atoms with E-state index in [4.69, 9.17) is 0 Å². The van der Waals surface area contributed by atoms with Gasteiger partial charge in [-0.05, 0) is 24.3 Å². The van der Waals surface area contributed by atoms with Crippen molar-refractivity contribution < 1.29 is 0 Å². The molecule has 0 bridgehead atoms. The molecule has 0 amide bonds. The lowest BCUT2D eigenvalue weighted by Crippen LogP contribution is -2.49. The lowest BCUT2D eigenvalue weighted by molar-refractivity contribution is 0.189. The minimum absolute atomic E-state index is 0.443. The smallest absolute Gasteiger partial charge is 0.193 e. The molecule has 0 saturated carbocycles. The number of piperidine rings is 1. The lowest BCUT2D eigenvalue weighted by Gasteiger charge is -2.39. The van der Waals surface area contributed by atoms with Crippen LogP contribution in [-0.2, 0) is 13.5 Å². The standard InChI is InChI=1S/C17H27N7/c1-14-5-8-23(12-16(14)24-9-7-19-13-24)17(18-2)20-6-4-15-10-21-22(3)11-15/h7,9-11,13-14,16H,4-6,8,12H2,1-3H3,(H,18,20). The highest BCUT2D eigenvalue weighted by Gasteiger charge is 2.28. The molecular formula is C17H27N7. The highest BCUT2D eigenvalue weighted by molar-refractivity contribution is 5.80. The Morgan fingerprint density at radius 3 is 3.00 bits per heavy atom. The third-order valence-electron chi connectivity index (χ3n) is 4.79. The first kappa shape index (κ1) is 16.5. The van der Waals surface area contributed by atoms with E-state index in [-0.39, 0.29) is 0 Å². The van der Waals surface area contributed by atoms with Gasteiger partial charge < -0.3 is 14.8 Å². The van der Waals surface area contributed by atoms with Crippen molar-refractivity contribution in [3.63, 3.8) is 0 Å². The summed E-state index contributed by atoms with van der Waals surface area (Å²) >= 11 is 0. The summed E-state index contributed by atoms with van der Waals surface area (Å²) in [6.45, 7) is 5.18. The maximum atomic E-state index is 4.47. The van der Waals surface area contributed by atoms with E-state index in [9.17, 15) is 0 Å². The number of aromatic nitrogens is 4. The Labute approximate surface area is 143 Å². The molecule has 7 heteroatoms. The maximum Gasteiger partial charge on any atom is 0.193 e. The number of nitrogens with one attached hydrogen (secondary N) is 1. The number of imidazole rings is 1. The number of likely N-dealkylation sites (tertiary alicyclic amines) is 1. The van der Waals surface area contributed by atoms with Crippen LogP contribution in [0.4, 0.5) is 0 Å². The molecule has 0 aromatic carbocycles. The summed E-state index contributed by atoms with van der Waals surface area (Å²) in [7, 11) is 3.80. The van der Waals surface area contributed by atoms with Gasteiger partial charge in [-0.2, -0.15) is 5.10 Å². The van der Waals surface area contributed by atoms with Crippen LogP contribution >= 0.6 is 0 Å². The van der Waals surface area contributed by atoms with Crippen molar-refractivity contribution in [2.75, 3.05) is 26.7 Å². The van der Waals surface area contributed by atoms with E-state index in [2.05, 4.69) is 49.2 Å². The van der Waals surface area contributed by atoms with Gasteiger partial charge in [-0.1, -0.05) is 6.92 Å². The SMILES string of the molecule is CN=C(NCCc1cnn(C)c1)N1CCC(C)C(n2ccnc2)C1. The van der Waals surface area contributed by atoms with Gasteiger partial charge in [0.15, 0.2) is 5.96 Å². The van der Waals surface area contributed by atoms with E-state index in [1.54, 1.807) is 0 Å². The Morgan fingerprint density at radius 2 is 2.33 bits per heavy atom. The third-order valence-corrected chi connectivity index (χ3v) is 4.79. The molecule has 2 unspecified atom stereocenters. The van der Waals surface area contributed by atoms with Crippen LogP contribution in [0.3, 0.4) is 0 Å². The van der Waals surface area contributed by atoms with Crippen molar-refractivity contribution in [2.24, 2.45) is 18.0 Å². The van der Waals surface area contributed by atoms with Crippen molar-refractivity contribution in [1.82, 2.24) is 29.5 Å². The summed E-state index contributed by atoms with van der Waals surface area (Å²) in [6.07, 6.45) is 11.9. The van der Waals surface area contributed by atoms with E-state index in [0.717, 1.165) is 38.4 Å². The quantitative estimate of drug-likeness (QED) is 0.679. The molecule has 7 nitrogen and oxygen atoms in total. The molecule has 3 heterocycles. The minimum Gasteiger partial charge on any atom is -0.356 e. The van der Waals surface area contributed by atoms with Gasteiger partial charge in [0.25, 0.3) is 0 Å². The number of rotatable bonds is 4.